The Hall–Kier alpha value is -2.01. The Morgan fingerprint density at radius 3 is 2.68 bits per heavy atom. The van der Waals surface area contributed by atoms with Crippen LogP contribution >= 0.6 is 11.6 Å². The van der Waals surface area contributed by atoms with E-state index >= 15 is 0 Å². The number of carbonyl (C=O) groups is 1. The van der Waals surface area contributed by atoms with E-state index in [9.17, 15) is 4.79 Å². The molecule has 0 radical (unpaired) electrons. The van der Waals surface area contributed by atoms with Gasteiger partial charge in [-0.2, -0.15) is 5.10 Å². The van der Waals surface area contributed by atoms with Crippen molar-refractivity contribution in [1.29, 1.82) is 0 Å². The molecule has 1 aromatic carbocycles. The van der Waals surface area contributed by atoms with Gasteiger partial charge in [0.1, 0.15) is 12.4 Å². The van der Waals surface area contributed by atoms with E-state index in [1.165, 1.54) is 10.9 Å². The smallest absolute Gasteiger partial charge is 0.354 e. The molecule has 100 valence electrons. The van der Waals surface area contributed by atoms with Crippen molar-refractivity contribution in [3.8, 4) is 5.75 Å². The Morgan fingerprint density at radius 1 is 1.42 bits per heavy atom. The highest BCUT2D eigenvalue weighted by Gasteiger charge is 2.17. The van der Waals surface area contributed by atoms with Crippen LogP contribution in [0.3, 0.4) is 0 Å². The maximum Gasteiger partial charge on any atom is 0.354 e. The molecular formula is C13H13ClN2O3. The van der Waals surface area contributed by atoms with Gasteiger partial charge in [0, 0.05) is 17.1 Å². The molecule has 0 aliphatic heterocycles. The number of ether oxygens (including phenoxy) is 1. The Bertz CT molecular complexity index is 578. The van der Waals surface area contributed by atoms with Crippen molar-refractivity contribution in [3.05, 3.63) is 46.7 Å². The summed E-state index contributed by atoms with van der Waals surface area (Å²) in [4.78, 5) is 11.2. The molecule has 0 amide bonds. The maximum atomic E-state index is 11.2. The molecule has 2 rings (SSSR count). The fraction of sp³-hybridized carbons (Fsp3) is 0.231. The minimum Gasteiger partial charge on any atom is -0.489 e. The highest BCUT2D eigenvalue weighted by atomic mass is 35.5. The number of carboxylic acids is 1. The van der Waals surface area contributed by atoms with Gasteiger partial charge in [-0.3, -0.25) is 4.68 Å². The van der Waals surface area contributed by atoms with Gasteiger partial charge in [-0.25, -0.2) is 4.79 Å². The molecule has 0 aliphatic carbocycles. The van der Waals surface area contributed by atoms with Crippen LogP contribution in [0.15, 0.2) is 30.5 Å². The summed E-state index contributed by atoms with van der Waals surface area (Å²) in [7, 11) is 0. The van der Waals surface area contributed by atoms with Gasteiger partial charge >= 0.3 is 5.97 Å². The van der Waals surface area contributed by atoms with Crippen molar-refractivity contribution in [2.45, 2.75) is 20.1 Å². The number of hydrogen-bond acceptors (Lipinski definition) is 3. The lowest BCUT2D eigenvalue weighted by atomic mass is 10.2. The molecule has 1 N–H and O–H groups in total. The second-order valence-corrected chi connectivity index (χ2v) is 4.32. The molecule has 1 heterocycles. The molecule has 0 atom stereocenters. The van der Waals surface area contributed by atoms with Crippen LogP contribution < -0.4 is 4.74 Å². The van der Waals surface area contributed by atoms with Crippen molar-refractivity contribution >= 4 is 17.6 Å². The number of rotatable bonds is 5. The molecule has 2 aromatic rings. The number of benzene rings is 1. The summed E-state index contributed by atoms with van der Waals surface area (Å²) in [6.07, 6.45) is 1.52. The van der Waals surface area contributed by atoms with Gasteiger partial charge in [0.15, 0.2) is 5.69 Å². The lowest BCUT2D eigenvalue weighted by Crippen LogP contribution is -2.11. The number of aromatic nitrogens is 2. The fourth-order valence-corrected chi connectivity index (χ4v) is 1.84. The zero-order valence-corrected chi connectivity index (χ0v) is 11.1. The van der Waals surface area contributed by atoms with Crippen LogP contribution in [0.1, 0.15) is 23.0 Å². The van der Waals surface area contributed by atoms with Crippen molar-refractivity contribution in [2.24, 2.45) is 0 Å². The van der Waals surface area contributed by atoms with Crippen LogP contribution in [-0.2, 0) is 13.2 Å². The maximum absolute atomic E-state index is 11.2. The lowest BCUT2D eigenvalue weighted by molar-refractivity contribution is 0.0680. The first kappa shape index (κ1) is 13.4. The van der Waals surface area contributed by atoms with E-state index in [-0.39, 0.29) is 12.3 Å². The van der Waals surface area contributed by atoms with Crippen LogP contribution in [0.2, 0.25) is 5.02 Å². The van der Waals surface area contributed by atoms with E-state index in [4.69, 9.17) is 21.4 Å². The second-order valence-electron chi connectivity index (χ2n) is 3.88. The number of carboxylic acid groups (broad SMARTS) is 1. The number of halogens is 1. The van der Waals surface area contributed by atoms with Crippen molar-refractivity contribution in [2.75, 3.05) is 0 Å². The van der Waals surface area contributed by atoms with Gasteiger partial charge in [0.05, 0.1) is 6.20 Å². The number of aromatic carboxylic acids is 1. The highest BCUT2D eigenvalue weighted by molar-refractivity contribution is 6.30. The number of nitrogens with zero attached hydrogens (tertiary/aromatic N) is 2. The molecule has 19 heavy (non-hydrogen) atoms. The predicted molar refractivity (Wildman–Crippen MR) is 70.6 cm³/mol. The van der Waals surface area contributed by atoms with Crippen LogP contribution in [0.4, 0.5) is 0 Å². The third-order valence-electron chi connectivity index (χ3n) is 2.63. The first-order valence-corrected chi connectivity index (χ1v) is 6.16. The molecular weight excluding hydrogens is 268 g/mol. The minimum absolute atomic E-state index is 0.156. The first-order valence-electron chi connectivity index (χ1n) is 5.78. The Morgan fingerprint density at radius 2 is 2.11 bits per heavy atom. The molecule has 0 spiro atoms. The van der Waals surface area contributed by atoms with E-state index < -0.39 is 5.97 Å². The van der Waals surface area contributed by atoms with Gasteiger partial charge in [-0.1, -0.05) is 11.6 Å². The van der Waals surface area contributed by atoms with Crippen molar-refractivity contribution in [3.63, 3.8) is 0 Å². The predicted octanol–water partition coefficient (Wildman–Crippen LogP) is 2.83. The summed E-state index contributed by atoms with van der Waals surface area (Å²) in [5, 5.41) is 13.8. The van der Waals surface area contributed by atoms with E-state index in [2.05, 4.69) is 5.10 Å². The van der Waals surface area contributed by atoms with Crippen LogP contribution in [-0.4, -0.2) is 20.9 Å². The summed E-state index contributed by atoms with van der Waals surface area (Å²) in [6.45, 7) is 2.50. The summed E-state index contributed by atoms with van der Waals surface area (Å²) < 4.78 is 6.95. The summed E-state index contributed by atoms with van der Waals surface area (Å²) >= 11 is 5.77. The molecule has 0 bridgehead atoms. The third-order valence-corrected chi connectivity index (χ3v) is 2.88. The average Bonchev–Trinajstić information content (AvgIpc) is 2.81. The number of aryl methyl sites for hydroxylation is 1. The zero-order chi connectivity index (χ0) is 13.8. The van der Waals surface area contributed by atoms with Gasteiger partial charge in [-0.15, -0.1) is 0 Å². The van der Waals surface area contributed by atoms with Gasteiger partial charge in [0.2, 0.25) is 0 Å². The molecule has 0 saturated heterocycles. The summed E-state index contributed by atoms with van der Waals surface area (Å²) in [5.74, 6) is -0.376. The molecule has 0 saturated carbocycles. The van der Waals surface area contributed by atoms with Crippen molar-refractivity contribution < 1.29 is 14.6 Å². The van der Waals surface area contributed by atoms with Crippen molar-refractivity contribution in [1.82, 2.24) is 9.78 Å². The third kappa shape index (κ3) is 3.06. The molecule has 0 fully saturated rings. The standard InChI is InChI=1S/C13H13ClN2O3/c1-2-16-12(13(17)18)9(7-15-16)8-19-11-5-3-10(14)4-6-11/h3-7H,2,8H2,1H3,(H,17,18). The summed E-state index contributed by atoms with van der Waals surface area (Å²) in [6, 6.07) is 6.88. The fourth-order valence-electron chi connectivity index (χ4n) is 1.71. The summed E-state index contributed by atoms with van der Waals surface area (Å²) in [5.41, 5.74) is 0.709. The SMILES string of the molecule is CCn1ncc(COc2ccc(Cl)cc2)c1C(=O)O. The molecule has 1 aromatic heterocycles. The quantitative estimate of drug-likeness (QED) is 0.915. The molecule has 5 nitrogen and oxygen atoms in total. The van der Waals surface area contributed by atoms with E-state index in [1.807, 2.05) is 6.92 Å². The Kier molecular flexibility index (Phi) is 4.06. The van der Waals surface area contributed by atoms with Gasteiger partial charge in [-0.05, 0) is 31.2 Å². The molecule has 6 heteroatoms. The highest BCUT2D eigenvalue weighted by Crippen LogP contribution is 2.18. The van der Waals surface area contributed by atoms with Gasteiger partial charge < -0.3 is 9.84 Å². The number of hydrogen-bond donors (Lipinski definition) is 1. The first-order chi connectivity index (χ1) is 9.11. The van der Waals surface area contributed by atoms with Crippen LogP contribution in [0, 0.1) is 0 Å². The monoisotopic (exact) mass is 280 g/mol. The van der Waals surface area contributed by atoms with Crippen LogP contribution in [0.25, 0.3) is 0 Å². The molecule has 0 aliphatic rings. The lowest BCUT2D eigenvalue weighted by Gasteiger charge is -2.06. The van der Waals surface area contributed by atoms with E-state index in [0.29, 0.717) is 22.9 Å². The minimum atomic E-state index is -1.01. The van der Waals surface area contributed by atoms with Gasteiger partial charge in [0.25, 0.3) is 0 Å². The molecule has 0 unspecified atom stereocenters. The largest absolute Gasteiger partial charge is 0.489 e. The van der Waals surface area contributed by atoms with E-state index in [1.54, 1.807) is 24.3 Å². The van der Waals surface area contributed by atoms with Crippen LogP contribution in [0.5, 0.6) is 5.75 Å². The second kappa shape index (κ2) is 5.75. The van der Waals surface area contributed by atoms with E-state index in [0.717, 1.165) is 0 Å². The Labute approximate surface area is 115 Å². The Balaban J connectivity index is 2.13. The zero-order valence-electron chi connectivity index (χ0n) is 10.3. The normalized spacial score (nSPS) is 10.4. The topological polar surface area (TPSA) is 64.4 Å². The average molecular weight is 281 g/mol.